The van der Waals surface area contributed by atoms with E-state index in [1.165, 1.54) is 11.1 Å². The Morgan fingerprint density at radius 3 is 2.45 bits per heavy atom. The number of nitrogens with one attached hydrogen (secondary N) is 1. The zero-order chi connectivity index (χ0) is 23.4. The number of ether oxygens (including phenoxy) is 2. The Bertz CT molecular complexity index is 1260. The van der Waals surface area contributed by atoms with E-state index in [2.05, 4.69) is 5.43 Å². The van der Waals surface area contributed by atoms with Crippen LogP contribution in [0.3, 0.4) is 0 Å². The first-order chi connectivity index (χ1) is 16.0. The number of rotatable bonds is 6. The third-order valence-electron chi connectivity index (χ3n) is 4.78. The van der Waals surface area contributed by atoms with Gasteiger partial charge in [0.1, 0.15) is 5.57 Å². The van der Waals surface area contributed by atoms with Gasteiger partial charge in [0.2, 0.25) is 0 Å². The maximum atomic E-state index is 12.8. The fourth-order valence-corrected chi connectivity index (χ4v) is 3.44. The van der Waals surface area contributed by atoms with Crippen LogP contribution >= 0.6 is 11.6 Å². The molecule has 0 radical (unpaired) electrons. The third-order valence-corrected chi connectivity index (χ3v) is 5.11. The predicted molar refractivity (Wildman–Crippen MR) is 124 cm³/mol. The molecule has 0 bridgehead atoms. The minimum Gasteiger partial charge on any atom is -0.490 e. The maximum absolute atomic E-state index is 12.8. The number of hydrogen-bond acceptors (Lipinski definition) is 5. The van der Waals surface area contributed by atoms with Gasteiger partial charge in [-0.3, -0.25) is 15.0 Å². The highest BCUT2D eigenvalue weighted by molar-refractivity contribution is 6.33. The Labute approximate surface area is 195 Å². The Hall–Kier alpha value is -4.10. The van der Waals surface area contributed by atoms with E-state index in [0.717, 1.165) is 0 Å². The van der Waals surface area contributed by atoms with Crippen molar-refractivity contribution in [2.45, 2.75) is 6.92 Å². The molecule has 3 aromatic rings. The van der Waals surface area contributed by atoms with Crippen LogP contribution in [0.5, 0.6) is 11.5 Å². The number of para-hydroxylation sites is 1. The number of amides is 2. The van der Waals surface area contributed by atoms with Crippen LogP contribution in [-0.4, -0.2) is 24.4 Å². The second kappa shape index (κ2) is 9.58. The number of carbonyl (C=O) groups is 3. The number of benzene rings is 3. The first-order valence-electron chi connectivity index (χ1n) is 10.1. The Morgan fingerprint density at radius 2 is 1.73 bits per heavy atom. The van der Waals surface area contributed by atoms with Crippen LogP contribution in [-0.2, 0) is 9.59 Å². The summed E-state index contributed by atoms with van der Waals surface area (Å²) >= 11 is 6.08. The van der Waals surface area contributed by atoms with Gasteiger partial charge in [0.15, 0.2) is 11.5 Å². The van der Waals surface area contributed by atoms with Crippen molar-refractivity contribution in [1.29, 1.82) is 0 Å². The van der Waals surface area contributed by atoms with Crippen molar-refractivity contribution in [2.75, 3.05) is 11.6 Å². The van der Waals surface area contributed by atoms with Gasteiger partial charge in [-0.2, -0.15) is 0 Å². The Kier molecular flexibility index (Phi) is 6.42. The minimum atomic E-state index is -0.628. The second-order valence-electron chi connectivity index (χ2n) is 6.98. The van der Waals surface area contributed by atoms with Crippen LogP contribution in [0, 0.1) is 0 Å². The summed E-state index contributed by atoms with van der Waals surface area (Å²) in [5, 5.41) is 1.47. The lowest BCUT2D eigenvalue weighted by molar-refractivity contribution is -0.117. The van der Waals surface area contributed by atoms with Crippen molar-refractivity contribution in [3.63, 3.8) is 0 Å². The second-order valence-corrected chi connectivity index (χ2v) is 7.39. The fraction of sp³-hybridized carbons (Fsp3) is 0.0800. The predicted octanol–water partition coefficient (Wildman–Crippen LogP) is 4.42. The van der Waals surface area contributed by atoms with Crippen LogP contribution < -0.4 is 19.9 Å². The van der Waals surface area contributed by atoms with Crippen molar-refractivity contribution < 1.29 is 23.9 Å². The first kappa shape index (κ1) is 22.1. The van der Waals surface area contributed by atoms with Gasteiger partial charge in [-0.25, -0.2) is 9.80 Å². The van der Waals surface area contributed by atoms with Crippen molar-refractivity contribution in [3.8, 4) is 11.5 Å². The van der Waals surface area contributed by atoms with Crippen molar-refractivity contribution in [1.82, 2.24) is 5.43 Å². The molecule has 1 aliphatic heterocycles. The molecule has 8 heteroatoms. The van der Waals surface area contributed by atoms with Crippen LogP contribution in [0.15, 0.2) is 78.4 Å². The minimum absolute atomic E-state index is 0.0258. The lowest BCUT2D eigenvalue weighted by atomic mass is 10.1. The van der Waals surface area contributed by atoms with Crippen molar-refractivity contribution in [2.24, 2.45) is 0 Å². The molecule has 0 aromatic heterocycles. The monoisotopic (exact) mass is 462 g/mol. The highest BCUT2D eigenvalue weighted by atomic mass is 35.5. The molecule has 2 amide bonds. The molecule has 4 rings (SSSR count). The van der Waals surface area contributed by atoms with Gasteiger partial charge in [0.25, 0.3) is 11.8 Å². The molecule has 0 spiro atoms. The van der Waals surface area contributed by atoms with Crippen molar-refractivity contribution >= 4 is 41.1 Å². The SMILES string of the molecule is CCOc1cc(/C=C2/C(=O)NN(c3ccccc3)C2=O)ccc1OC(=O)c1ccccc1Cl. The van der Waals surface area contributed by atoms with E-state index in [-0.39, 0.29) is 27.7 Å². The molecule has 7 nitrogen and oxygen atoms in total. The topological polar surface area (TPSA) is 84.9 Å². The molecule has 0 unspecified atom stereocenters. The van der Waals surface area contributed by atoms with E-state index in [0.29, 0.717) is 17.9 Å². The summed E-state index contributed by atoms with van der Waals surface area (Å²) < 4.78 is 11.1. The fourth-order valence-electron chi connectivity index (χ4n) is 3.23. The van der Waals surface area contributed by atoms with E-state index in [9.17, 15) is 14.4 Å². The van der Waals surface area contributed by atoms with Gasteiger partial charge in [0, 0.05) is 0 Å². The number of esters is 1. The lowest BCUT2D eigenvalue weighted by Gasteiger charge is -2.14. The Balaban J connectivity index is 1.60. The average Bonchev–Trinajstić information content (AvgIpc) is 3.10. The number of hydrogen-bond donors (Lipinski definition) is 1. The quantitative estimate of drug-likeness (QED) is 0.254. The molecule has 33 heavy (non-hydrogen) atoms. The molecular weight excluding hydrogens is 444 g/mol. The van der Waals surface area contributed by atoms with Gasteiger partial charge in [-0.1, -0.05) is 48.0 Å². The molecule has 1 heterocycles. The summed E-state index contributed by atoms with van der Waals surface area (Å²) in [6.45, 7) is 2.11. The van der Waals surface area contributed by atoms with Crippen LogP contribution in [0.25, 0.3) is 6.08 Å². The molecule has 1 aliphatic rings. The number of carbonyl (C=O) groups excluding carboxylic acids is 3. The number of hydrazine groups is 1. The molecule has 0 aliphatic carbocycles. The third kappa shape index (κ3) is 4.73. The van der Waals surface area contributed by atoms with Gasteiger partial charge in [-0.15, -0.1) is 0 Å². The summed E-state index contributed by atoms with van der Waals surface area (Å²) in [7, 11) is 0. The van der Waals surface area contributed by atoms with Crippen LogP contribution in [0.1, 0.15) is 22.8 Å². The largest absolute Gasteiger partial charge is 0.490 e. The zero-order valence-electron chi connectivity index (χ0n) is 17.6. The highest BCUT2D eigenvalue weighted by Gasteiger charge is 2.34. The summed E-state index contributed by atoms with van der Waals surface area (Å²) in [6, 6.07) is 20.1. The molecule has 3 aromatic carbocycles. The molecule has 1 saturated heterocycles. The molecule has 166 valence electrons. The molecule has 0 atom stereocenters. The van der Waals surface area contributed by atoms with Gasteiger partial charge in [0.05, 0.1) is 22.9 Å². The highest BCUT2D eigenvalue weighted by Crippen LogP contribution is 2.31. The number of halogens is 1. The van der Waals surface area contributed by atoms with Gasteiger partial charge >= 0.3 is 5.97 Å². The average molecular weight is 463 g/mol. The number of anilines is 1. The summed E-state index contributed by atoms with van der Waals surface area (Å²) in [5.74, 6) is -1.14. The standard InChI is InChI=1S/C25H19ClN2O5/c1-2-32-22-15-16(12-13-21(22)33-25(31)18-10-6-7-11-20(18)26)14-19-23(29)27-28(24(19)30)17-8-4-3-5-9-17/h3-15H,2H2,1H3,(H,27,29)/b19-14-. The van der Waals surface area contributed by atoms with Crippen LogP contribution in [0.4, 0.5) is 5.69 Å². The summed E-state index contributed by atoms with van der Waals surface area (Å²) in [4.78, 5) is 37.8. The van der Waals surface area contributed by atoms with Gasteiger partial charge < -0.3 is 9.47 Å². The molecule has 0 saturated carbocycles. The summed E-state index contributed by atoms with van der Waals surface area (Å²) in [5.41, 5.74) is 3.84. The van der Waals surface area contributed by atoms with Crippen LogP contribution in [0.2, 0.25) is 5.02 Å². The lowest BCUT2D eigenvalue weighted by Crippen LogP contribution is -2.35. The molecule has 1 N–H and O–H groups in total. The molecular formula is C25H19ClN2O5. The van der Waals surface area contributed by atoms with E-state index >= 15 is 0 Å². The van der Waals surface area contributed by atoms with Gasteiger partial charge in [-0.05, 0) is 55.0 Å². The smallest absolute Gasteiger partial charge is 0.345 e. The van der Waals surface area contributed by atoms with E-state index < -0.39 is 17.8 Å². The molecule has 1 fully saturated rings. The van der Waals surface area contributed by atoms with E-state index in [1.54, 1.807) is 73.7 Å². The maximum Gasteiger partial charge on any atom is 0.345 e. The normalized spacial score (nSPS) is 14.4. The Morgan fingerprint density at radius 1 is 1.00 bits per heavy atom. The zero-order valence-corrected chi connectivity index (χ0v) is 18.3. The first-order valence-corrected chi connectivity index (χ1v) is 10.5. The summed E-state index contributed by atoms with van der Waals surface area (Å²) in [6.07, 6.45) is 1.46. The van der Waals surface area contributed by atoms with E-state index in [1.807, 2.05) is 6.07 Å². The van der Waals surface area contributed by atoms with E-state index in [4.69, 9.17) is 21.1 Å². The number of nitrogens with zero attached hydrogens (tertiary/aromatic N) is 1. The van der Waals surface area contributed by atoms with Crippen molar-refractivity contribution in [3.05, 3.63) is 94.5 Å².